The Morgan fingerprint density at radius 1 is 1.19 bits per heavy atom. The second kappa shape index (κ2) is 8.86. The maximum Gasteiger partial charge on any atom is 0.330 e. The minimum atomic E-state index is -1.65. The van der Waals surface area contributed by atoms with Gasteiger partial charge >= 0.3 is 5.97 Å². The van der Waals surface area contributed by atoms with Gasteiger partial charge in [0.05, 0.1) is 13.2 Å². The molecule has 2 N–H and O–H groups in total. The van der Waals surface area contributed by atoms with Crippen molar-refractivity contribution in [3.63, 3.8) is 0 Å². The minimum absolute atomic E-state index is 0.108. The molecule has 0 saturated carbocycles. The van der Waals surface area contributed by atoms with Crippen LogP contribution in [0, 0.1) is 11.6 Å². The monoisotopic (exact) mass is 449 g/mol. The Hall–Kier alpha value is -3.00. The van der Waals surface area contributed by atoms with Crippen molar-refractivity contribution in [2.75, 3.05) is 13.7 Å². The van der Waals surface area contributed by atoms with E-state index in [1.807, 2.05) is 6.92 Å². The molecule has 2 aromatic rings. The van der Waals surface area contributed by atoms with Crippen molar-refractivity contribution in [3.05, 3.63) is 64.2 Å². The number of esters is 1. The predicted molar refractivity (Wildman–Crippen MR) is 114 cm³/mol. The molecular weight excluding hydrogens is 423 g/mol. The molecule has 0 fully saturated rings. The van der Waals surface area contributed by atoms with Gasteiger partial charge in [0, 0.05) is 24.2 Å². The number of phenolic OH excluding ortho intramolecular Hbond substituents is 2. The SMILES string of the molecule is COC(=O)/C=C/c1cc(F)c([C@H]2c3cc(O)c(O)cc3C[C@H](C)N2CC(C)(C)F)c(F)c1. The highest BCUT2D eigenvalue weighted by Gasteiger charge is 2.39. The van der Waals surface area contributed by atoms with Gasteiger partial charge in [-0.15, -0.1) is 0 Å². The fourth-order valence-electron chi connectivity index (χ4n) is 4.13. The second-order valence-electron chi connectivity index (χ2n) is 8.64. The van der Waals surface area contributed by atoms with Gasteiger partial charge < -0.3 is 14.9 Å². The average Bonchev–Trinajstić information content (AvgIpc) is 2.68. The molecule has 32 heavy (non-hydrogen) atoms. The molecular formula is C24H26F3NO4. The van der Waals surface area contributed by atoms with E-state index in [0.29, 0.717) is 17.5 Å². The number of aromatic hydroxyl groups is 2. The van der Waals surface area contributed by atoms with Crippen molar-refractivity contribution in [1.29, 1.82) is 0 Å². The lowest BCUT2D eigenvalue weighted by atomic mass is 9.83. The number of halogens is 3. The fourth-order valence-corrected chi connectivity index (χ4v) is 4.13. The third-order valence-electron chi connectivity index (χ3n) is 5.49. The van der Waals surface area contributed by atoms with Crippen LogP contribution in [0.5, 0.6) is 11.5 Å². The van der Waals surface area contributed by atoms with E-state index in [2.05, 4.69) is 4.74 Å². The van der Waals surface area contributed by atoms with Crippen LogP contribution >= 0.6 is 0 Å². The molecule has 2 atom stereocenters. The van der Waals surface area contributed by atoms with Crippen LogP contribution in [0.3, 0.4) is 0 Å². The molecule has 0 aromatic heterocycles. The number of hydrogen-bond donors (Lipinski definition) is 2. The van der Waals surface area contributed by atoms with E-state index in [1.165, 1.54) is 39.2 Å². The highest BCUT2D eigenvalue weighted by atomic mass is 19.1. The quantitative estimate of drug-likeness (QED) is 0.395. The summed E-state index contributed by atoms with van der Waals surface area (Å²) in [6.45, 7) is 4.47. The van der Waals surface area contributed by atoms with Crippen LogP contribution < -0.4 is 0 Å². The van der Waals surface area contributed by atoms with Crippen molar-refractivity contribution in [3.8, 4) is 11.5 Å². The molecule has 3 rings (SSSR count). The van der Waals surface area contributed by atoms with Gasteiger partial charge in [0.25, 0.3) is 0 Å². The van der Waals surface area contributed by atoms with Crippen molar-refractivity contribution >= 4 is 12.0 Å². The van der Waals surface area contributed by atoms with E-state index >= 15 is 8.78 Å². The van der Waals surface area contributed by atoms with Crippen molar-refractivity contribution in [2.24, 2.45) is 0 Å². The van der Waals surface area contributed by atoms with Gasteiger partial charge in [-0.1, -0.05) is 0 Å². The van der Waals surface area contributed by atoms with Crippen LogP contribution in [0.1, 0.15) is 49.1 Å². The molecule has 1 aliphatic rings. The average molecular weight is 449 g/mol. The van der Waals surface area contributed by atoms with Crippen LogP contribution in [0.2, 0.25) is 0 Å². The molecule has 0 radical (unpaired) electrons. The first-order valence-corrected chi connectivity index (χ1v) is 10.2. The van der Waals surface area contributed by atoms with E-state index in [0.717, 1.165) is 18.2 Å². The highest BCUT2D eigenvalue weighted by molar-refractivity contribution is 5.86. The first kappa shape index (κ1) is 23.7. The summed E-state index contributed by atoms with van der Waals surface area (Å²) in [5.41, 5.74) is -0.844. The van der Waals surface area contributed by atoms with Crippen LogP contribution in [-0.2, 0) is 16.0 Å². The normalized spacial score (nSPS) is 19.2. The maximum atomic E-state index is 15.3. The number of carbonyl (C=O) groups is 1. The maximum absolute atomic E-state index is 15.3. The molecule has 2 aromatic carbocycles. The fraction of sp³-hybridized carbons (Fsp3) is 0.375. The number of hydrogen-bond acceptors (Lipinski definition) is 5. The molecule has 8 heteroatoms. The van der Waals surface area contributed by atoms with Gasteiger partial charge in [-0.25, -0.2) is 18.0 Å². The van der Waals surface area contributed by atoms with Crippen LogP contribution in [0.15, 0.2) is 30.3 Å². The van der Waals surface area contributed by atoms with Gasteiger partial charge in [0.15, 0.2) is 11.5 Å². The zero-order chi connectivity index (χ0) is 23.8. The lowest BCUT2D eigenvalue weighted by Crippen LogP contribution is -2.48. The Bertz CT molecular complexity index is 1040. The van der Waals surface area contributed by atoms with E-state index in [1.54, 1.807) is 4.90 Å². The van der Waals surface area contributed by atoms with E-state index in [9.17, 15) is 19.4 Å². The van der Waals surface area contributed by atoms with Gasteiger partial charge in [-0.2, -0.15) is 0 Å². The molecule has 0 saturated heterocycles. The molecule has 0 unspecified atom stereocenters. The summed E-state index contributed by atoms with van der Waals surface area (Å²) in [6, 6.07) is 3.46. The summed E-state index contributed by atoms with van der Waals surface area (Å²) in [4.78, 5) is 13.0. The van der Waals surface area contributed by atoms with Gasteiger partial charge in [0.2, 0.25) is 0 Å². The summed E-state index contributed by atoms with van der Waals surface area (Å²) < 4.78 is 49.7. The number of fused-ring (bicyclic) bond motifs is 1. The van der Waals surface area contributed by atoms with Gasteiger partial charge in [0.1, 0.15) is 17.3 Å². The lowest BCUT2D eigenvalue weighted by molar-refractivity contribution is -0.134. The summed E-state index contributed by atoms with van der Waals surface area (Å²) in [7, 11) is 1.19. The van der Waals surface area contributed by atoms with Crippen molar-refractivity contribution in [2.45, 2.75) is 44.9 Å². The van der Waals surface area contributed by atoms with Crippen LogP contribution in [0.4, 0.5) is 13.2 Å². The van der Waals surface area contributed by atoms with E-state index in [-0.39, 0.29) is 29.5 Å². The van der Waals surface area contributed by atoms with Crippen LogP contribution in [0.25, 0.3) is 6.08 Å². The van der Waals surface area contributed by atoms with E-state index < -0.39 is 35.1 Å². The number of carbonyl (C=O) groups excluding carboxylic acids is 1. The van der Waals surface area contributed by atoms with Gasteiger partial charge in [-0.05, 0) is 74.2 Å². The number of ether oxygens (including phenoxy) is 1. The number of rotatable bonds is 5. The summed E-state index contributed by atoms with van der Waals surface area (Å²) >= 11 is 0. The Labute approximate surface area is 184 Å². The Morgan fingerprint density at radius 2 is 1.78 bits per heavy atom. The Kier molecular flexibility index (Phi) is 6.55. The summed E-state index contributed by atoms with van der Waals surface area (Å²) in [5.74, 6) is -3.20. The largest absolute Gasteiger partial charge is 0.504 e. The zero-order valence-corrected chi connectivity index (χ0v) is 18.3. The van der Waals surface area contributed by atoms with Crippen molar-refractivity contribution in [1.82, 2.24) is 4.90 Å². The first-order valence-electron chi connectivity index (χ1n) is 10.2. The molecule has 1 aliphatic heterocycles. The topological polar surface area (TPSA) is 70.0 Å². The zero-order valence-electron chi connectivity index (χ0n) is 18.3. The summed E-state index contributed by atoms with van der Waals surface area (Å²) in [6.07, 6.45) is 2.68. The van der Waals surface area contributed by atoms with E-state index in [4.69, 9.17) is 0 Å². The summed E-state index contributed by atoms with van der Waals surface area (Å²) in [5, 5.41) is 20.0. The molecule has 5 nitrogen and oxygen atoms in total. The smallest absolute Gasteiger partial charge is 0.330 e. The van der Waals surface area contributed by atoms with Gasteiger partial charge in [-0.3, -0.25) is 4.90 Å². The third-order valence-corrected chi connectivity index (χ3v) is 5.49. The molecule has 0 bridgehead atoms. The number of benzene rings is 2. The number of methoxy groups -OCH3 is 1. The third kappa shape index (κ3) is 4.91. The lowest BCUT2D eigenvalue weighted by Gasteiger charge is -2.44. The molecule has 172 valence electrons. The van der Waals surface area contributed by atoms with Crippen LogP contribution in [-0.4, -0.2) is 46.4 Å². The molecule has 0 spiro atoms. The number of phenols is 2. The molecule has 1 heterocycles. The second-order valence-corrected chi connectivity index (χ2v) is 8.64. The predicted octanol–water partition coefficient (Wildman–Crippen LogP) is 4.65. The standard InChI is InChI=1S/C24H26F3NO4/c1-13-7-15-10-19(29)20(30)11-16(15)23(28(13)12-24(2,3)27)22-17(25)8-14(9-18(22)26)5-6-21(31)32-4/h5-6,8-11,13,23,29-30H,7,12H2,1-4H3/b6-5+/t13-,23+/m0/s1. The number of nitrogens with zero attached hydrogens (tertiary/aromatic N) is 1. The first-order chi connectivity index (χ1) is 14.9. The Morgan fingerprint density at radius 3 is 2.34 bits per heavy atom. The number of alkyl halides is 1. The minimum Gasteiger partial charge on any atom is -0.504 e. The molecule has 0 amide bonds. The van der Waals surface area contributed by atoms with Crippen molar-refractivity contribution < 1.29 is 32.9 Å². The molecule has 0 aliphatic carbocycles. The highest BCUT2D eigenvalue weighted by Crippen LogP contribution is 2.44. The Balaban J connectivity index is 2.18.